The number of rotatable bonds is 8. The maximum Gasteiger partial charge on any atom is 0.312 e. The zero-order valence-electron chi connectivity index (χ0n) is 19.8. The molecule has 37 heavy (non-hydrogen) atoms. The number of ether oxygens (including phenoxy) is 1. The van der Waals surface area contributed by atoms with Crippen molar-refractivity contribution in [3.05, 3.63) is 105 Å². The van der Waals surface area contributed by atoms with Gasteiger partial charge in [0, 0.05) is 26.5 Å². The van der Waals surface area contributed by atoms with Crippen molar-refractivity contribution < 1.29 is 9.66 Å². The molecule has 0 saturated heterocycles. The van der Waals surface area contributed by atoms with E-state index in [2.05, 4.69) is 57.9 Å². The third-order valence-electron chi connectivity index (χ3n) is 5.75. The van der Waals surface area contributed by atoms with Crippen LogP contribution in [0.5, 0.6) is 5.75 Å². The Kier molecular flexibility index (Phi) is 8.56. The van der Waals surface area contributed by atoms with Crippen molar-refractivity contribution in [2.45, 2.75) is 32.8 Å². The van der Waals surface area contributed by atoms with E-state index in [0.29, 0.717) is 26.8 Å². The quantitative estimate of drug-likeness (QED) is 0.108. The molecule has 0 radical (unpaired) electrons. The molecule has 0 spiro atoms. The van der Waals surface area contributed by atoms with Crippen LogP contribution in [0.25, 0.3) is 10.9 Å². The minimum Gasteiger partial charge on any atom is -0.481 e. The van der Waals surface area contributed by atoms with E-state index in [9.17, 15) is 14.9 Å². The van der Waals surface area contributed by atoms with E-state index >= 15 is 0 Å². The summed E-state index contributed by atoms with van der Waals surface area (Å²) in [7, 11) is 0. The molecule has 0 unspecified atom stereocenters. The first kappa shape index (κ1) is 27.2. The van der Waals surface area contributed by atoms with Crippen LogP contribution < -0.4 is 10.3 Å². The molecule has 1 heterocycles. The second-order valence-electron chi connectivity index (χ2n) is 8.33. The van der Waals surface area contributed by atoms with E-state index in [0.717, 1.165) is 20.9 Å². The Morgan fingerprint density at radius 2 is 1.81 bits per heavy atom. The molecule has 8 nitrogen and oxygen atoms in total. The maximum atomic E-state index is 13.3. The fraction of sp³-hybridized carbons (Fsp3) is 0.192. The van der Waals surface area contributed by atoms with Crippen LogP contribution in [0.15, 0.2) is 77.9 Å². The van der Waals surface area contributed by atoms with E-state index in [1.165, 1.54) is 17.0 Å². The summed E-state index contributed by atoms with van der Waals surface area (Å²) in [4.78, 5) is 29.4. The number of hydrogen-bond donors (Lipinski definition) is 0. The van der Waals surface area contributed by atoms with Crippen LogP contribution in [-0.4, -0.2) is 20.8 Å². The molecular weight excluding hydrogens is 672 g/mol. The summed E-state index contributed by atoms with van der Waals surface area (Å²) >= 11 is 10.2. The lowest BCUT2D eigenvalue weighted by atomic mass is 10.1. The Labute approximate surface area is 237 Å². The van der Waals surface area contributed by atoms with Crippen LogP contribution >= 0.6 is 47.8 Å². The summed E-state index contributed by atoms with van der Waals surface area (Å²) in [5.74, 6) is 0.592. The fourth-order valence-electron chi connectivity index (χ4n) is 3.59. The largest absolute Gasteiger partial charge is 0.481 e. The normalized spacial score (nSPS) is 12.2. The second-order valence-corrected chi connectivity index (χ2v) is 11.0. The summed E-state index contributed by atoms with van der Waals surface area (Å²) in [5, 5.41) is 16.7. The molecule has 0 bridgehead atoms. The highest BCUT2D eigenvalue weighted by Crippen LogP contribution is 2.36. The summed E-state index contributed by atoms with van der Waals surface area (Å²) in [6, 6.07) is 15.8. The zero-order valence-corrected chi connectivity index (χ0v) is 24.6. The molecule has 1 atom stereocenters. The van der Waals surface area contributed by atoms with Gasteiger partial charge in [0.1, 0.15) is 12.4 Å². The number of fused-ring (bicyclic) bond motifs is 1. The molecule has 0 saturated carbocycles. The number of nitro groups is 1. The predicted octanol–water partition coefficient (Wildman–Crippen LogP) is 7.57. The van der Waals surface area contributed by atoms with Gasteiger partial charge in [-0.2, -0.15) is 9.78 Å². The van der Waals surface area contributed by atoms with E-state index in [-0.39, 0.29) is 29.5 Å². The van der Waals surface area contributed by atoms with Crippen molar-refractivity contribution in [2.75, 3.05) is 0 Å². The number of benzene rings is 3. The molecule has 3 aromatic carbocycles. The van der Waals surface area contributed by atoms with Crippen LogP contribution in [0.4, 0.5) is 5.69 Å². The van der Waals surface area contributed by atoms with Gasteiger partial charge in [-0.15, -0.1) is 0 Å². The lowest BCUT2D eigenvalue weighted by Gasteiger charge is -2.14. The van der Waals surface area contributed by atoms with Crippen molar-refractivity contribution in [1.29, 1.82) is 0 Å². The third kappa shape index (κ3) is 6.16. The van der Waals surface area contributed by atoms with Gasteiger partial charge in [0.25, 0.3) is 5.56 Å². The molecule has 0 amide bonds. The average Bonchev–Trinajstić information content (AvgIpc) is 2.87. The molecular formula is C26H21Br3N4O4. The van der Waals surface area contributed by atoms with Crippen molar-refractivity contribution in [3.63, 3.8) is 0 Å². The van der Waals surface area contributed by atoms with Gasteiger partial charge in [-0.1, -0.05) is 57.8 Å². The molecule has 0 N–H and O–H groups in total. The summed E-state index contributed by atoms with van der Waals surface area (Å²) in [6.07, 6.45) is 2.17. The molecule has 1 aromatic heterocycles. The Morgan fingerprint density at radius 3 is 2.49 bits per heavy atom. The van der Waals surface area contributed by atoms with Gasteiger partial charge < -0.3 is 4.74 Å². The molecule has 0 fully saturated rings. The lowest BCUT2D eigenvalue weighted by molar-refractivity contribution is -0.386. The fourth-order valence-corrected chi connectivity index (χ4v) is 4.80. The summed E-state index contributed by atoms with van der Waals surface area (Å²) in [6.45, 7) is 4.13. The van der Waals surface area contributed by atoms with Crippen LogP contribution in [0, 0.1) is 10.1 Å². The van der Waals surface area contributed by atoms with Crippen molar-refractivity contribution in [1.82, 2.24) is 9.66 Å². The Bertz CT molecular complexity index is 1570. The van der Waals surface area contributed by atoms with E-state index in [1.807, 2.05) is 44.2 Å². The summed E-state index contributed by atoms with van der Waals surface area (Å²) < 4.78 is 9.14. The van der Waals surface area contributed by atoms with Gasteiger partial charge in [-0.3, -0.25) is 14.9 Å². The minimum atomic E-state index is -0.509. The van der Waals surface area contributed by atoms with Crippen LogP contribution in [-0.2, 0) is 6.61 Å². The zero-order chi connectivity index (χ0) is 26.7. The molecule has 4 rings (SSSR count). The highest BCUT2D eigenvalue weighted by molar-refractivity contribution is 9.11. The Hall–Kier alpha value is -2.89. The first-order valence-corrected chi connectivity index (χ1v) is 13.7. The molecule has 190 valence electrons. The van der Waals surface area contributed by atoms with Crippen molar-refractivity contribution >= 4 is 70.6 Å². The molecule has 0 aliphatic heterocycles. The van der Waals surface area contributed by atoms with E-state index in [1.54, 1.807) is 18.2 Å². The molecule has 0 aliphatic rings. The lowest BCUT2D eigenvalue weighted by Crippen LogP contribution is -2.23. The SMILES string of the molecule is CC[C@H](C)c1nc2ccc(Br)cc2c(=O)n1N=Cc1cc(Br)c(OCc2ccc(Br)cc2)c([N+](=O)[O-])c1. The highest BCUT2D eigenvalue weighted by atomic mass is 79.9. The first-order valence-electron chi connectivity index (χ1n) is 11.3. The van der Waals surface area contributed by atoms with Gasteiger partial charge in [0.2, 0.25) is 5.75 Å². The Morgan fingerprint density at radius 1 is 1.11 bits per heavy atom. The van der Waals surface area contributed by atoms with Gasteiger partial charge in [-0.05, 0) is 64.3 Å². The van der Waals surface area contributed by atoms with E-state index < -0.39 is 4.92 Å². The average molecular weight is 693 g/mol. The molecule has 4 aromatic rings. The van der Waals surface area contributed by atoms with Crippen LogP contribution in [0.2, 0.25) is 0 Å². The van der Waals surface area contributed by atoms with Gasteiger partial charge >= 0.3 is 5.69 Å². The monoisotopic (exact) mass is 690 g/mol. The predicted molar refractivity (Wildman–Crippen MR) is 155 cm³/mol. The maximum absolute atomic E-state index is 13.3. The number of hydrogen-bond acceptors (Lipinski definition) is 6. The highest BCUT2D eigenvalue weighted by Gasteiger charge is 2.21. The standard InChI is InChI=1S/C26H21Br3N4O4/c1-3-15(2)25-31-22-9-8-19(28)12-20(22)26(34)32(25)30-13-17-10-21(29)24(23(11-17)33(35)36)37-14-16-4-6-18(27)7-5-16/h4-13,15H,3,14H2,1-2H3/t15-/m0/s1. The molecule has 11 heteroatoms. The van der Waals surface area contributed by atoms with E-state index in [4.69, 9.17) is 4.74 Å². The number of nitrogens with zero attached hydrogens (tertiary/aromatic N) is 4. The van der Waals surface area contributed by atoms with Crippen LogP contribution in [0.1, 0.15) is 43.1 Å². The number of halogens is 3. The second kappa shape index (κ2) is 11.7. The summed E-state index contributed by atoms with van der Waals surface area (Å²) in [5.41, 5.74) is 1.33. The van der Waals surface area contributed by atoms with Crippen LogP contribution in [0.3, 0.4) is 0 Å². The topological polar surface area (TPSA) is 99.6 Å². The Balaban J connectivity index is 1.73. The first-order chi connectivity index (χ1) is 17.7. The number of aromatic nitrogens is 2. The van der Waals surface area contributed by atoms with Gasteiger partial charge in [0.05, 0.1) is 26.5 Å². The third-order valence-corrected chi connectivity index (χ3v) is 7.36. The number of nitro benzene ring substituents is 1. The smallest absolute Gasteiger partial charge is 0.312 e. The minimum absolute atomic E-state index is 0.0339. The molecule has 0 aliphatic carbocycles. The van der Waals surface area contributed by atoms with Gasteiger partial charge in [-0.25, -0.2) is 4.98 Å². The van der Waals surface area contributed by atoms with Gasteiger partial charge in [0.15, 0.2) is 0 Å². The van der Waals surface area contributed by atoms with Crippen molar-refractivity contribution in [3.8, 4) is 5.75 Å². The van der Waals surface area contributed by atoms with Crippen molar-refractivity contribution in [2.24, 2.45) is 5.10 Å².